The van der Waals surface area contributed by atoms with Gasteiger partial charge in [0, 0.05) is 20.6 Å². The van der Waals surface area contributed by atoms with E-state index in [0.29, 0.717) is 23.4 Å². The predicted octanol–water partition coefficient (Wildman–Crippen LogP) is 2.59. The lowest BCUT2D eigenvalue weighted by Crippen LogP contribution is -2.27. The van der Waals surface area contributed by atoms with Gasteiger partial charge in [-0.15, -0.1) is 0 Å². The van der Waals surface area contributed by atoms with E-state index < -0.39 is 0 Å². The molecule has 0 N–H and O–H groups in total. The number of rotatable bonds is 6. The fourth-order valence-corrected chi connectivity index (χ4v) is 2.57. The minimum Gasteiger partial charge on any atom is -0.494 e. The van der Waals surface area contributed by atoms with Crippen LogP contribution in [0.4, 0.5) is 10.1 Å². The summed E-state index contributed by atoms with van der Waals surface area (Å²) in [7, 11) is 3.49. The molecule has 1 heterocycles. The van der Waals surface area contributed by atoms with E-state index in [1.165, 1.54) is 16.8 Å². The number of nitrogens with zero attached hydrogens (tertiary/aromatic N) is 3. The molecule has 0 radical (unpaired) electrons. The number of ether oxygens (including phenoxy) is 1. The molecule has 5 nitrogen and oxygen atoms in total. The molecule has 0 aliphatic rings. The molecule has 1 aromatic carbocycles. The number of anilines is 1. The van der Waals surface area contributed by atoms with Gasteiger partial charge >= 0.3 is 0 Å². The summed E-state index contributed by atoms with van der Waals surface area (Å²) in [5.41, 5.74) is 0.566. The van der Waals surface area contributed by atoms with Gasteiger partial charge in [-0.2, -0.15) is 5.10 Å². The SMILES string of the molecule is CN(CCCOc1ccc(F)cc1)c1cnn(C)c(=O)c1Br. The van der Waals surface area contributed by atoms with Crippen LogP contribution in [-0.2, 0) is 7.05 Å². The Balaban J connectivity index is 1.85. The zero-order valence-corrected chi connectivity index (χ0v) is 14.0. The Bertz CT molecular complexity index is 688. The summed E-state index contributed by atoms with van der Waals surface area (Å²) in [4.78, 5) is 13.7. The lowest BCUT2D eigenvalue weighted by Gasteiger charge is -2.20. The predicted molar refractivity (Wildman–Crippen MR) is 87.0 cm³/mol. The molecule has 0 unspecified atom stereocenters. The first-order chi connectivity index (χ1) is 10.5. The Morgan fingerprint density at radius 1 is 1.36 bits per heavy atom. The number of hydrogen-bond acceptors (Lipinski definition) is 4. The first kappa shape index (κ1) is 16.5. The molecule has 0 bridgehead atoms. The number of aromatic nitrogens is 2. The van der Waals surface area contributed by atoms with Crippen LogP contribution in [0.2, 0.25) is 0 Å². The second kappa shape index (κ2) is 7.40. The maximum absolute atomic E-state index is 12.8. The van der Waals surface area contributed by atoms with E-state index in [-0.39, 0.29) is 11.4 Å². The summed E-state index contributed by atoms with van der Waals surface area (Å²) in [6, 6.07) is 5.93. The van der Waals surface area contributed by atoms with E-state index in [9.17, 15) is 9.18 Å². The summed E-state index contributed by atoms with van der Waals surface area (Å²) in [6.07, 6.45) is 2.40. The lowest BCUT2D eigenvalue weighted by molar-refractivity contribution is 0.312. The van der Waals surface area contributed by atoms with Crippen molar-refractivity contribution in [2.24, 2.45) is 7.05 Å². The van der Waals surface area contributed by atoms with Crippen LogP contribution in [0.5, 0.6) is 5.75 Å². The maximum atomic E-state index is 12.8. The molecule has 0 saturated heterocycles. The van der Waals surface area contributed by atoms with Crippen molar-refractivity contribution in [3.8, 4) is 5.75 Å². The van der Waals surface area contributed by atoms with Crippen molar-refractivity contribution in [2.45, 2.75) is 6.42 Å². The highest BCUT2D eigenvalue weighted by Crippen LogP contribution is 2.20. The molecular weight excluding hydrogens is 353 g/mol. The molecular formula is C15H17BrFN3O2. The van der Waals surface area contributed by atoms with Gasteiger partial charge in [-0.3, -0.25) is 4.79 Å². The quantitative estimate of drug-likeness (QED) is 0.734. The van der Waals surface area contributed by atoms with E-state index in [2.05, 4.69) is 21.0 Å². The lowest BCUT2D eigenvalue weighted by atomic mass is 10.3. The van der Waals surface area contributed by atoms with Crippen molar-refractivity contribution in [1.82, 2.24) is 9.78 Å². The van der Waals surface area contributed by atoms with Gasteiger partial charge in [-0.1, -0.05) is 0 Å². The van der Waals surface area contributed by atoms with Gasteiger partial charge < -0.3 is 9.64 Å². The molecule has 2 aromatic rings. The zero-order chi connectivity index (χ0) is 16.1. The third kappa shape index (κ3) is 4.07. The van der Waals surface area contributed by atoms with E-state index in [0.717, 1.165) is 12.1 Å². The first-order valence-electron chi connectivity index (χ1n) is 6.80. The fraction of sp³-hybridized carbons (Fsp3) is 0.333. The minimum atomic E-state index is -0.282. The van der Waals surface area contributed by atoms with Crippen LogP contribution >= 0.6 is 15.9 Å². The van der Waals surface area contributed by atoms with Crippen LogP contribution in [0.25, 0.3) is 0 Å². The van der Waals surface area contributed by atoms with Crippen molar-refractivity contribution >= 4 is 21.6 Å². The first-order valence-corrected chi connectivity index (χ1v) is 7.59. The Morgan fingerprint density at radius 2 is 2.05 bits per heavy atom. The second-order valence-electron chi connectivity index (χ2n) is 4.85. The van der Waals surface area contributed by atoms with E-state index in [1.54, 1.807) is 25.4 Å². The Labute approximate surface area is 136 Å². The van der Waals surface area contributed by atoms with Gasteiger partial charge in [0.05, 0.1) is 18.5 Å². The molecule has 0 spiro atoms. The normalized spacial score (nSPS) is 10.5. The van der Waals surface area contributed by atoms with E-state index in [1.807, 2.05) is 11.9 Å². The topological polar surface area (TPSA) is 47.4 Å². The molecule has 0 amide bonds. The Morgan fingerprint density at radius 3 is 2.73 bits per heavy atom. The highest BCUT2D eigenvalue weighted by Gasteiger charge is 2.10. The van der Waals surface area contributed by atoms with Gasteiger partial charge in [0.2, 0.25) is 0 Å². The van der Waals surface area contributed by atoms with Crippen LogP contribution in [0, 0.1) is 5.82 Å². The Kier molecular flexibility index (Phi) is 5.54. The summed E-state index contributed by atoms with van der Waals surface area (Å²) in [5.74, 6) is 0.357. The number of aryl methyl sites for hydroxylation is 1. The maximum Gasteiger partial charge on any atom is 0.282 e. The van der Waals surface area contributed by atoms with Gasteiger partial charge in [-0.25, -0.2) is 9.07 Å². The monoisotopic (exact) mass is 369 g/mol. The zero-order valence-electron chi connectivity index (χ0n) is 12.4. The molecule has 0 aliphatic heterocycles. The van der Waals surface area contributed by atoms with Crippen molar-refractivity contribution in [3.05, 3.63) is 51.1 Å². The third-order valence-electron chi connectivity index (χ3n) is 3.19. The highest BCUT2D eigenvalue weighted by molar-refractivity contribution is 9.10. The molecule has 0 aliphatic carbocycles. The van der Waals surface area contributed by atoms with Crippen molar-refractivity contribution in [2.75, 3.05) is 25.1 Å². The van der Waals surface area contributed by atoms with Gasteiger partial charge in [0.15, 0.2) is 0 Å². The molecule has 22 heavy (non-hydrogen) atoms. The largest absolute Gasteiger partial charge is 0.494 e. The van der Waals surface area contributed by atoms with E-state index in [4.69, 9.17) is 4.74 Å². The number of halogens is 2. The van der Waals surface area contributed by atoms with Crippen LogP contribution < -0.4 is 15.2 Å². The number of benzene rings is 1. The minimum absolute atomic E-state index is 0.174. The number of hydrogen-bond donors (Lipinski definition) is 0. The second-order valence-corrected chi connectivity index (χ2v) is 5.64. The van der Waals surface area contributed by atoms with Crippen LogP contribution in [0.1, 0.15) is 6.42 Å². The smallest absolute Gasteiger partial charge is 0.282 e. The molecule has 2 rings (SSSR count). The van der Waals surface area contributed by atoms with E-state index >= 15 is 0 Å². The summed E-state index contributed by atoms with van der Waals surface area (Å²) >= 11 is 3.30. The van der Waals surface area contributed by atoms with Crippen LogP contribution in [0.3, 0.4) is 0 Å². The third-order valence-corrected chi connectivity index (χ3v) is 3.94. The van der Waals surface area contributed by atoms with Crippen molar-refractivity contribution in [1.29, 1.82) is 0 Å². The van der Waals surface area contributed by atoms with Crippen molar-refractivity contribution in [3.63, 3.8) is 0 Å². The molecule has 0 atom stereocenters. The van der Waals surface area contributed by atoms with Crippen LogP contribution in [0.15, 0.2) is 39.7 Å². The average Bonchev–Trinajstić information content (AvgIpc) is 2.51. The molecule has 118 valence electrons. The summed E-state index contributed by atoms with van der Waals surface area (Å²) in [6.45, 7) is 1.21. The van der Waals surface area contributed by atoms with Gasteiger partial charge in [0.25, 0.3) is 5.56 Å². The summed E-state index contributed by atoms with van der Waals surface area (Å²) in [5, 5.41) is 4.01. The standard InChI is InChI=1S/C15H17BrFN3O2/c1-19(13-10-18-20(2)15(21)14(13)16)8-3-9-22-12-6-4-11(17)5-7-12/h4-7,10H,3,8-9H2,1-2H3. The fourth-order valence-electron chi connectivity index (χ4n) is 1.91. The average molecular weight is 370 g/mol. The Hall–Kier alpha value is -1.89. The van der Waals surface area contributed by atoms with Gasteiger partial charge in [0.1, 0.15) is 16.0 Å². The molecule has 1 aromatic heterocycles. The summed E-state index contributed by atoms with van der Waals surface area (Å²) < 4.78 is 20.1. The molecule has 0 saturated carbocycles. The highest BCUT2D eigenvalue weighted by atomic mass is 79.9. The van der Waals surface area contributed by atoms with Crippen molar-refractivity contribution < 1.29 is 9.13 Å². The molecule has 7 heteroatoms. The van der Waals surface area contributed by atoms with Gasteiger partial charge in [-0.05, 0) is 46.6 Å². The molecule has 0 fully saturated rings. The van der Waals surface area contributed by atoms with Crippen LogP contribution in [-0.4, -0.2) is 30.0 Å².